The zero-order chi connectivity index (χ0) is 24.7. The molecule has 35 heavy (non-hydrogen) atoms. The lowest BCUT2D eigenvalue weighted by molar-refractivity contribution is -0.0964. The van der Waals surface area contributed by atoms with Crippen molar-refractivity contribution < 1.29 is 27.1 Å². The number of alkyl halides is 5. The first kappa shape index (κ1) is 23.0. The number of amides is 1. The lowest BCUT2D eigenvalue weighted by Crippen LogP contribution is -2.16. The number of halogens is 5. The molecule has 1 aliphatic carbocycles. The standard InChI is InChI=1S/C23H16ClF4N5O2/c24-23(27,28)35-16-5-1-14(2-6-16)31-22(34)12-7-17(13-9-29-11-30-10-13)19-18(8-12)32-21(20(25)26)33(19)15-3-4-15/h1-2,5-11,15,20H,3-4H2,(H,31,34). The van der Waals surface area contributed by atoms with Gasteiger partial charge in [0.15, 0.2) is 5.82 Å². The van der Waals surface area contributed by atoms with Gasteiger partial charge in [-0.1, -0.05) is 0 Å². The molecule has 0 aliphatic heterocycles. The van der Waals surface area contributed by atoms with Crippen LogP contribution in [0.4, 0.5) is 23.2 Å². The highest BCUT2D eigenvalue weighted by molar-refractivity contribution is 6.20. The first-order valence-electron chi connectivity index (χ1n) is 10.5. The van der Waals surface area contributed by atoms with Gasteiger partial charge in [-0.2, -0.15) is 0 Å². The van der Waals surface area contributed by atoms with Crippen LogP contribution in [0.25, 0.3) is 22.2 Å². The molecule has 0 radical (unpaired) electrons. The van der Waals surface area contributed by atoms with Crippen molar-refractivity contribution in [3.63, 3.8) is 0 Å². The number of hydrogen-bond acceptors (Lipinski definition) is 5. The summed E-state index contributed by atoms with van der Waals surface area (Å²) < 4.78 is 59.0. The van der Waals surface area contributed by atoms with E-state index in [9.17, 15) is 22.4 Å². The molecule has 1 N–H and O–H groups in total. The fourth-order valence-corrected chi connectivity index (χ4v) is 3.93. The number of aromatic nitrogens is 4. The Hall–Kier alpha value is -3.73. The van der Waals surface area contributed by atoms with Crippen LogP contribution in [0.5, 0.6) is 5.75 Å². The number of rotatable bonds is 7. The molecule has 2 heterocycles. The molecule has 180 valence electrons. The molecule has 4 aromatic rings. The summed E-state index contributed by atoms with van der Waals surface area (Å²) in [6.07, 6.45) is 3.12. The van der Waals surface area contributed by atoms with E-state index in [-0.39, 0.29) is 28.7 Å². The van der Waals surface area contributed by atoms with E-state index in [1.54, 1.807) is 6.07 Å². The summed E-state index contributed by atoms with van der Waals surface area (Å²) in [6, 6.07) is 8.07. The van der Waals surface area contributed by atoms with Gasteiger partial charge in [0.1, 0.15) is 12.1 Å². The molecular formula is C23H16ClF4N5O2. The van der Waals surface area contributed by atoms with Crippen LogP contribution in [0.1, 0.15) is 41.5 Å². The van der Waals surface area contributed by atoms with Crippen molar-refractivity contribution in [2.24, 2.45) is 0 Å². The van der Waals surface area contributed by atoms with Crippen molar-refractivity contribution in [1.82, 2.24) is 19.5 Å². The maximum atomic E-state index is 13.8. The fourth-order valence-electron chi connectivity index (χ4n) is 3.84. The van der Waals surface area contributed by atoms with E-state index in [2.05, 4.69) is 25.0 Å². The Labute approximate surface area is 200 Å². The predicted octanol–water partition coefficient (Wildman–Crippen LogP) is 6.19. The van der Waals surface area contributed by atoms with E-state index in [0.29, 0.717) is 22.3 Å². The molecule has 0 unspecified atom stereocenters. The average molecular weight is 506 g/mol. The van der Waals surface area contributed by atoms with Gasteiger partial charge in [0.2, 0.25) is 0 Å². The van der Waals surface area contributed by atoms with E-state index in [0.717, 1.165) is 12.8 Å². The monoisotopic (exact) mass is 505 g/mol. The largest absolute Gasteiger partial charge is 0.487 e. The number of hydrogen-bond donors (Lipinski definition) is 1. The van der Waals surface area contributed by atoms with Crippen LogP contribution in [0.15, 0.2) is 55.1 Å². The van der Waals surface area contributed by atoms with Crippen molar-refractivity contribution in [3.05, 3.63) is 66.5 Å². The summed E-state index contributed by atoms with van der Waals surface area (Å²) in [6.45, 7) is 0. The van der Waals surface area contributed by atoms with Crippen LogP contribution >= 0.6 is 11.6 Å². The lowest BCUT2D eigenvalue weighted by Gasteiger charge is -2.13. The highest BCUT2D eigenvalue weighted by Crippen LogP contribution is 2.43. The van der Waals surface area contributed by atoms with E-state index < -0.39 is 17.9 Å². The van der Waals surface area contributed by atoms with Crippen molar-refractivity contribution in [3.8, 4) is 16.9 Å². The predicted molar refractivity (Wildman–Crippen MR) is 120 cm³/mol. The molecule has 2 aromatic heterocycles. The molecule has 5 rings (SSSR count). The van der Waals surface area contributed by atoms with Gasteiger partial charge in [0.25, 0.3) is 12.3 Å². The number of nitrogens with zero attached hydrogens (tertiary/aromatic N) is 4. The molecule has 2 aromatic carbocycles. The van der Waals surface area contributed by atoms with Crippen LogP contribution in [-0.2, 0) is 0 Å². The Morgan fingerprint density at radius 3 is 2.43 bits per heavy atom. The van der Waals surface area contributed by atoms with Crippen LogP contribution in [0.2, 0.25) is 0 Å². The van der Waals surface area contributed by atoms with E-state index >= 15 is 0 Å². The summed E-state index contributed by atoms with van der Waals surface area (Å²) in [7, 11) is 0. The van der Waals surface area contributed by atoms with E-state index in [1.807, 2.05) is 0 Å². The second-order valence-corrected chi connectivity index (χ2v) is 8.36. The van der Waals surface area contributed by atoms with Gasteiger partial charge in [0, 0.05) is 52.4 Å². The molecule has 0 saturated heterocycles. The number of imidazole rings is 1. The minimum absolute atomic E-state index is 0.0897. The van der Waals surface area contributed by atoms with Gasteiger partial charge in [-0.25, -0.2) is 23.7 Å². The van der Waals surface area contributed by atoms with Gasteiger partial charge in [-0.05, 0) is 49.2 Å². The third-order valence-electron chi connectivity index (χ3n) is 5.40. The Morgan fingerprint density at radius 1 is 1.14 bits per heavy atom. The van der Waals surface area contributed by atoms with E-state index in [4.69, 9.17) is 11.6 Å². The number of ether oxygens (including phenoxy) is 1. The zero-order valence-corrected chi connectivity index (χ0v) is 18.5. The molecule has 1 amide bonds. The smallest absolute Gasteiger partial charge is 0.420 e. The maximum absolute atomic E-state index is 13.8. The van der Waals surface area contributed by atoms with Crippen LogP contribution in [0.3, 0.4) is 0 Å². The molecule has 1 fully saturated rings. The van der Waals surface area contributed by atoms with Gasteiger partial charge in [-0.3, -0.25) is 4.79 Å². The van der Waals surface area contributed by atoms with Gasteiger partial charge >= 0.3 is 5.57 Å². The Balaban J connectivity index is 1.54. The number of carbonyl (C=O) groups is 1. The number of anilines is 1. The minimum atomic E-state index is -3.86. The highest BCUT2D eigenvalue weighted by atomic mass is 35.5. The number of nitrogens with one attached hydrogen (secondary N) is 1. The van der Waals surface area contributed by atoms with Crippen LogP contribution < -0.4 is 10.1 Å². The fraction of sp³-hybridized carbons (Fsp3) is 0.217. The van der Waals surface area contributed by atoms with Crippen molar-refractivity contribution in [1.29, 1.82) is 0 Å². The molecule has 0 bridgehead atoms. The first-order valence-corrected chi connectivity index (χ1v) is 10.8. The summed E-state index contributed by atoms with van der Waals surface area (Å²) in [4.78, 5) is 25.2. The van der Waals surface area contributed by atoms with Crippen molar-refractivity contribution in [2.75, 3.05) is 5.32 Å². The molecule has 0 spiro atoms. The number of benzene rings is 2. The SMILES string of the molecule is O=C(Nc1ccc(OC(F)(F)Cl)cc1)c1cc(-c2cncnc2)c2c(c1)nc(C(F)F)n2C1CC1. The lowest BCUT2D eigenvalue weighted by atomic mass is 10.0. The Kier molecular flexibility index (Phi) is 5.79. The number of carbonyl (C=O) groups excluding carboxylic acids is 1. The molecular weight excluding hydrogens is 490 g/mol. The molecule has 1 aliphatic rings. The van der Waals surface area contributed by atoms with Crippen LogP contribution in [0, 0.1) is 0 Å². The summed E-state index contributed by atoms with van der Waals surface area (Å²) >= 11 is 4.75. The van der Waals surface area contributed by atoms with E-state index in [1.165, 1.54) is 53.6 Å². The number of fused-ring (bicyclic) bond motifs is 1. The Morgan fingerprint density at radius 2 is 1.83 bits per heavy atom. The van der Waals surface area contributed by atoms with Gasteiger partial charge in [-0.15, -0.1) is 8.78 Å². The zero-order valence-electron chi connectivity index (χ0n) is 17.8. The molecule has 0 atom stereocenters. The average Bonchev–Trinajstić information content (AvgIpc) is 3.58. The Bertz CT molecular complexity index is 1390. The topological polar surface area (TPSA) is 81.9 Å². The summed E-state index contributed by atoms with van der Waals surface area (Å²) in [5, 5.41) is 2.64. The third-order valence-corrected chi connectivity index (χ3v) is 5.48. The van der Waals surface area contributed by atoms with Crippen molar-refractivity contribution in [2.45, 2.75) is 30.9 Å². The van der Waals surface area contributed by atoms with Gasteiger partial charge in [0.05, 0.1) is 11.0 Å². The second-order valence-electron chi connectivity index (χ2n) is 7.92. The molecule has 1 saturated carbocycles. The quantitative estimate of drug-likeness (QED) is 0.239. The minimum Gasteiger partial charge on any atom is -0.420 e. The highest BCUT2D eigenvalue weighted by Gasteiger charge is 2.33. The normalized spacial score (nSPS) is 13.9. The van der Waals surface area contributed by atoms with Crippen molar-refractivity contribution >= 4 is 34.2 Å². The molecule has 12 heteroatoms. The molecule has 7 nitrogen and oxygen atoms in total. The van der Waals surface area contributed by atoms with Crippen LogP contribution in [-0.4, -0.2) is 31.0 Å². The maximum Gasteiger partial charge on any atom is 0.487 e. The second kappa shape index (κ2) is 8.81. The summed E-state index contributed by atoms with van der Waals surface area (Å²) in [5.41, 5.74) is -1.65. The first-order chi connectivity index (χ1) is 16.7. The third kappa shape index (κ3) is 4.90. The summed E-state index contributed by atoms with van der Waals surface area (Å²) in [5.74, 6) is -1.10. The van der Waals surface area contributed by atoms with Gasteiger partial charge < -0.3 is 14.6 Å².